The molecule has 1 aliphatic heterocycles. The average Bonchev–Trinajstić information content (AvgIpc) is 2.38. The Bertz CT molecular complexity index is 428. The quantitative estimate of drug-likeness (QED) is 0.657. The highest BCUT2D eigenvalue weighted by Gasteiger charge is 2.19. The fourth-order valence-corrected chi connectivity index (χ4v) is 2.24. The van der Waals surface area contributed by atoms with Crippen molar-refractivity contribution in [1.82, 2.24) is 5.32 Å². The zero-order valence-corrected chi connectivity index (χ0v) is 10.5. The van der Waals surface area contributed by atoms with E-state index in [0.29, 0.717) is 18.3 Å². The van der Waals surface area contributed by atoms with Crippen LogP contribution >= 0.6 is 0 Å². The Hall–Kier alpha value is -1.62. The van der Waals surface area contributed by atoms with Gasteiger partial charge in [-0.2, -0.15) is 0 Å². The summed E-state index contributed by atoms with van der Waals surface area (Å²) in [7, 11) is 0. The van der Waals surface area contributed by atoms with Crippen molar-refractivity contribution >= 4 is 5.69 Å². The molecule has 1 fully saturated rings. The van der Waals surface area contributed by atoms with E-state index in [2.05, 4.69) is 5.32 Å². The molecule has 1 heterocycles. The molecule has 0 aromatic heterocycles. The second kappa shape index (κ2) is 5.82. The molecule has 5 heteroatoms. The predicted molar refractivity (Wildman–Crippen MR) is 68.9 cm³/mol. The van der Waals surface area contributed by atoms with Crippen molar-refractivity contribution in [1.29, 1.82) is 0 Å². The lowest BCUT2D eigenvalue weighted by Crippen LogP contribution is -2.33. The number of para-hydroxylation sites is 1. The van der Waals surface area contributed by atoms with Gasteiger partial charge in [0, 0.05) is 18.5 Å². The minimum absolute atomic E-state index is 0.0544. The summed E-state index contributed by atoms with van der Waals surface area (Å²) < 4.78 is 5.69. The van der Waals surface area contributed by atoms with Crippen LogP contribution in [0, 0.1) is 23.0 Å². The molecule has 1 aromatic rings. The minimum atomic E-state index is -0.387. The number of nitrogens with one attached hydrogen (secondary N) is 1. The highest BCUT2D eigenvalue weighted by Crippen LogP contribution is 2.30. The molecule has 2 rings (SSSR count). The Morgan fingerprint density at radius 1 is 1.56 bits per heavy atom. The van der Waals surface area contributed by atoms with Gasteiger partial charge in [-0.05, 0) is 31.9 Å². The van der Waals surface area contributed by atoms with Gasteiger partial charge in [0.15, 0.2) is 5.75 Å². The van der Waals surface area contributed by atoms with E-state index in [1.807, 2.05) is 13.0 Å². The number of piperidine rings is 1. The molecule has 0 bridgehead atoms. The molecule has 0 aliphatic carbocycles. The summed E-state index contributed by atoms with van der Waals surface area (Å²) in [6.07, 6.45) is 2.26. The Kier molecular flexibility index (Phi) is 4.15. The predicted octanol–water partition coefficient (Wildman–Crippen LogP) is 2.28. The Balaban J connectivity index is 2.05. The second-order valence-electron chi connectivity index (χ2n) is 4.70. The number of ether oxygens (including phenoxy) is 1. The van der Waals surface area contributed by atoms with E-state index in [0.717, 1.165) is 31.5 Å². The van der Waals surface area contributed by atoms with Gasteiger partial charge in [-0.25, -0.2) is 0 Å². The second-order valence-corrected chi connectivity index (χ2v) is 4.70. The van der Waals surface area contributed by atoms with Crippen LogP contribution in [0.1, 0.15) is 18.4 Å². The third-order valence-corrected chi connectivity index (χ3v) is 3.25. The molecule has 1 atom stereocenters. The molecule has 1 saturated heterocycles. The van der Waals surface area contributed by atoms with E-state index in [1.54, 1.807) is 6.07 Å². The van der Waals surface area contributed by atoms with Crippen molar-refractivity contribution in [3.8, 4) is 5.75 Å². The number of rotatable bonds is 4. The van der Waals surface area contributed by atoms with Crippen molar-refractivity contribution in [2.75, 3.05) is 19.7 Å². The summed E-state index contributed by atoms with van der Waals surface area (Å²) in [5.74, 6) is 0.853. The number of hydrogen-bond acceptors (Lipinski definition) is 4. The zero-order valence-electron chi connectivity index (χ0n) is 10.5. The molecule has 18 heavy (non-hydrogen) atoms. The third-order valence-electron chi connectivity index (χ3n) is 3.25. The first-order valence-electron chi connectivity index (χ1n) is 6.26. The van der Waals surface area contributed by atoms with Crippen LogP contribution in [-0.4, -0.2) is 24.6 Å². The molecule has 0 spiro atoms. The molecule has 0 radical (unpaired) electrons. The summed E-state index contributed by atoms with van der Waals surface area (Å²) >= 11 is 0. The van der Waals surface area contributed by atoms with Crippen LogP contribution in [-0.2, 0) is 0 Å². The molecule has 1 unspecified atom stereocenters. The van der Waals surface area contributed by atoms with E-state index in [9.17, 15) is 10.1 Å². The van der Waals surface area contributed by atoms with Crippen LogP contribution in [0.2, 0.25) is 0 Å². The van der Waals surface area contributed by atoms with Gasteiger partial charge >= 0.3 is 5.69 Å². The number of nitro benzene ring substituents is 1. The van der Waals surface area contributed by atoms with Crippen molar-refractivity contribution in [3.63, 3.8) is 0 Å². The third kappa shape index (κ3) is 2.98. The maximum absolute atomic E-state index is 10.9. The van der Waals surface area contributed by atoms with Gasteiger partial charge in [-0.3, -0.25) is 10.1 Å². The zero-order chi connectivity index (χ0) is 13.0. The largest absolute Gasteiger partial charge is 0.486 e. The summed E-state index contributed by atoms with van der Waals surface area (Å²) in [5, 5.41) is 14.2. The summed E-state index contributed by atoms with van der Waals surface area (Å²) in [6.45, 7) is 4.36. The molecule has 98 valence electrons. The monoisotopic (exact) mass is 250 g/mol. The van der Waals surface area contributed by atoms with Crippen LogP contribution < -0.4 is 10.1 Å². The minimum Gasteiger partial charge on any atom is -0.486 e. The Morgan fingerprint density at radius 3 is 3.06 bits per heavy atom. The van der Waals surface area contributed by atoms with Crippen LogP contribution in [0.25, 0.3) is 0 Å². The lowest BCUT2D eigenvalue weighted by molar-refractivity contribution is -0.386. The first kappa shape index (κ1) is 12.8. The normalized spacial score (nSPS) is 19.5. The standard InChI is InChI=1S/C13H18N2O3/c1-10-4-2-6-12(15(16)17)13(10)18-9-11-5-3-7-14-8-11/h2,4,6,11,14H,3,5,7-9H2,1H3. The fourth-order valence-electron chi connectivity index (χ4n) is 2.24. The molecule has 1 aliphatic rings. The van der Waals surface area contributed by atoms with Crippen molar-refractivity contribution in [3.05, 3.63) is 33.9 Å². The average molecular weight is 250 g/mol. The molecular formula is C13H18N2O3. The highest BCUT2D eigenvalue weighted by atomic mass is 16.6. The van der Waals surface area contributed by atoms with Crippen molar-refractivity contribution in [2.45, 2.75) is 19.8 Å². The maximum Gasteiger partial charge on any atom is 0.311 e. The number of nitro groups is 1. The van der Waals surface area contributed by atoms with Crippen LogP contribution in [0.5, 0.6) is 5.75 Å². The van der Waals surface area contributed by atoms with Gasteiger partial charge < -0.3 is 10.1 Å². The van der Waals surface area contributed by atoms with E-state index < -0.39 is 0 Å². The van der Waals surface area contributed by atoms with Gasteiger partial charge in [-0.15, -0.1) is 0 Å². The van der Waals surface area contributed by atoms with Gasteiger partial charge in [0.2, 0.25) is 0 Å². The molecule has 1 N–H and O–H groups in total. The van der Waals surface area contributed by atoms with Crippen LogP contribution in [0.15, 0.2) is 18.2 Å². The number of nitrogens with zero attached hydrogens (tertiary/aromatic N) is 1. The topological polar surface area (TPSA) is 64.4 Å². The first-order chi connectivity index (χ1) is 8.68. The van der Waals surface area contributed by atoms with Crippen LogP contribution in [0.3, 0.4) is 0 Å². The summed E-state index contributed by atoms with van der Waals surface area (Å²) in [5.41, 5.74) is 0.867. The number of hydrogen-bond donors (Lipinski definition) is 1. The highest BCUT2D eigenvalue weighted by molar-refractivity contribution is 5.51. The Morgan fingerprint density at radius 2 is 2.39 bits per heavy atom. The van der Waals surface area contributed by atoms with Gasteiger partial charge in [0.05, 0.1) is 11.5 Å². The van der Waals surface area contributed by atoms with Gasteiger partial charge in [0.1, 0.15) is 0 Å². The van der Waals surface area contributed by atoms with Crippen molar-refractivity contribution in [2.24, 2.45) is 5.92 Å². The van der Waals surface area contributed by atoms with Gasteiger partial charge in [-0.1, -0.05) is 12.1 Å². The fraction of sp³-hybridized carbons (Fsp3) is 0.538. The smallest absolute Gasteiger partial charge is 0.311 e. The number of benzene rings is 1. The maximum atomic E-state index is 10.9. The first-order valence-corrected chi connectivity index (χ1v) is 6.26. The van der Waals surface area contributed by atoms with Gasteiger partial charge in [0.25, 0.3) is 0 Å². The lowest BCUT2D eigenvalue weighted by atomic mass is 10.0. The van der Waals surface area contributed by atoms with E-state index in [-0.39, 0.29) is 10.6 Å². The van der Waals surface area contributed by atoms with E-state index in [4.69, 9.17) is 4.74 Å². The van der Waals surface area contributed by atoms with E-state index in [1.165, 1.54) is 6.07 Å². The van der Waals surface area contributed by atoms with E-state index >= 15 is 0 Å². The lowest BCUT2D eigenvalue weighted by Gasteiger charge is -2.23. The molecular weight excluding hydrogens is 232 g/mol. The Labute approximate surface area is 106 Å². The number of aryl methyl sites for hydroxylation is 1. The molecule has 5 nitrogen and oxygen atoms in total. The summed E-state index contributed by atoms with van der Waals surface area (Å²) in [4.78, 5) is 10.6. The molecule has 1 aromatic carbocycles. The molecule has 0 amide bonds. The van der Waals surface area contributed by atoms with Crippen molar-refractivity contribution < 1.29 is 9.66 Å². The SMILES string of the molecule is Cc1cccc([N+](=O)[O-])c1OCC1CCCNC1. The molecule has 0 saturated carbocycles. The van der Waals surface area contributed by atoms with Crippen LogP contribution in [0.4, 0.5) is 5.69 Å². The summed E-state index contributed by atoms with van der Waals surface area (Å²) in [6, 6.07) is 5.01.